The molecule has 2 aromatic rings. The second-order valence-electron chi connectivity index (χ2n) is 3.45. The van der Waals surface area contributed by atoms with Crippen LogP contribution in [0.2, 0.25) is 0 Å². The van der Waals surface area contributed by atoms with Crippen molar-refractivity contribution in [3.8, 4) is 0 Å². The normalized spacial score (nSPS) is 11.9. The van der Waals surface area contributed by atoms with Crippen LogP contribution in [0.5, 0.6) is 0 Å². The van der Waals surface area contributed by atoms with Gasteiger partial charge in [-0.15, -0.1) is 0 Å². The van der Waals surface area contributed by atoms with E-state index >= 15 is 0 Å². The van der Waals surface area contributed by atoms with Gasteiger partial charge in [0.05, 0.1) is 19.1 Å². The first-order valence-corrected chi connectivity index (χ1v) is 6.02. The van der Waals surface area contributed by atoms with Crippen LogP contribution in [0.15, 0.2) is 29.9 Å². The van der Waals surface area contributed by atoms with Crippen LogP contribution in [-0.4, -0.2) is 27.7 Å². The minimum Gasteiger partial charge on any atom is -0.331 e. The third-order valence-corrected chi connectivity index (χ3v) is 2.82. The average Bonchev–Trinajstić information content (AvgIpc) is 2.74. The molecule has 2 N–H and O–H groups in total. The summed E-state index contributed by atoms with van der Waals surface area (Å²) in [6.07, 6.45) is 6.36. The highest BCUT2D eigenvalue weighted by atomic mass is 32.2. The van der Waals surface area contributed by atoms with Crippen LogP contribution < -0.4 is 5.14 Å². The van der Waals surface area contributed by atoms with Crippen LogP contribution >= 0.6 is 0 Å². The highest BCUT2D eigenvalue weighted by Crippen LogP contribution is 2.05. The van der Waals surface area contributed by atoms with Gasteiger partial charge in [0.1, 0.15) is 0 Å². The summed E-state index contributed by atoms with van der Waals surface area (Å²) in [7, 11) is -1.91. The molecule has 0 aromatic carbocycles. The number of imidazole rings is 1. The van der Waals surface area contributed by atoms with E-state index in [1.165, 1.54) is 12.5 Å². The number of aryl methyl sites for hydroxylation is 1. The van der Waals surface area contributed by atoms with Gasteiger partial charge in [0, 0.05) is 25.0 Å². The van der Waals surface area contributed by atoms with Crippen LogP contribution in [-0.2, 0) is 23.6 Å². The summed E-state index contributed by atoms with van der Waals surface area (Å²) in [6, 6.07) is 0. The van der Waals surface area contributed by atoms with Gasteiger partial charge in [-0.25, -0.2) is 18.5 Å². The van der Waals surface area contributed by atoms with E-state index < -0.39 is 10.0 Å². The fourth-order valence-electron chi connectivity index (χ4n) is 1.34. The third kappa shape index (κ3) is 2.28. The van der Waals surface area contributed by atoms with Crippen LogP contribution in [0.1, 0.15) is 5.56 Å². The molecule has 0 radical (unpaired) electrons. The van der Waals surface area contributed by atoms with Crippen LogP contribution in [0.3, 0.4) is 0 Å². The minimum absolute atomic E-state index is 0.128. The van der Waals surface area contributed by atoms with E-state index in [0.717, 1.165) is 5.56 Å². The number of aromatic nitrogens is 4. The van der Waals surface area contributed by atoms with E-state index in [9.17, 15) is 8.42 Å². The molecule has 2 heterocycles. The van der Waals surface area contributed by atoms with Gasteiger partial charge in [-0.05, 0) is 0 Å². The van der Waals surface area contributed by atoms with Crippen molar-refractivity contribution in [2.45, 2.75) is 11.6 Å². The molecule has 0 spiro atoms. The second kappa shape index (κ2) is 3.72. The molecule has 86 valence electrons. The number of nitrogens with zero attached hydrogens (tertiary/aromatic N) is 4. The topological polar surface area (TPSA) is 95.8 Å². The molecule has 0 aliphatic rings. The smallest absolute Gasteiger partial charge is 0.257 e. The first-order valence-electron chi connectivity index (χ1n) is 4.47. The van der Waals surface area contributed by atoms with Crippen molar-refractivity contribution in [1.82, 2.24) is 19.3 Å². The Morgan fingerprint density at radius 3 is 2.69 bits per heavy atom. The lowest BCUT2D eigenvalue weighted by atomic mass is 10.4. The largest absolute Gasteiger partial charge is 0.331 e. The Bertz CT molecular complexity index is 597. The Labute approximate surface area is 92.6 Å². The molecule has 0 atom stereocenters. The van der Waals surface area contributed by atoms with Crippen LogP contribution in [0.4, 0.5) is 0 Å². The number of primary sulfonamides is 1. The Morgan fingerprint density at radius 1 is 1.44 bits per heavy atom. The van der Waals surface area contributed by atoms with Crippen molar-refractivity contribution in [1.29, 1.82) is 0 Å². The monoisotopic (exact) mass is 241 g/mol. The van der Waals surface area contributed by atoms with Crippen molar-refractivity contribution in [2.24, 2.45) is 12.2 Å². The number of hydrogen-bond acceptors (Lipinski definition) is 4. The second-order valence-corrected chi connectivity index (χ2v) is 4.96. The molecule has 0 fully saturated rings. The molecule has 8 heteroatoms. The molecule has 7 nitrogen and oxygen atoms in total. The van der Waals surface area contributed by atoms with Crippen LogP contribution in [0, 0.1) is 0 Å². The molecule has 0 amide bonds. The summed E-state index contributed by atoms with van der Waals surface area (Å²) >= 11 is 0. The highest BCUT2D eigenvalue weighted by molar-refractivity contribution is 7.89. The predicted octanol–water partition coefficient (Wildman–Crippen LogP) is -0.688. The maximum absolute atomic E-state index is 11.0. The van der Waals surface area contributed by atoms with Gasteiger partial charge in [0.15, 0.2) is 5.03 Å². The van der Waals surface area contributed by atoms with Gasteiger partial charge in [0.25, 0.3) is 10.0 Å². The van der Waals surface area contributed by atoms with E-state index in [4.69, 9.17) is 5.14 Å². The lowest BCUT2D eigenvalue weighted by Crippen LogP contribution is -2.12. The molecule has 0 unspecified atom stereocenters. The predicted molar refractivity (Wildman–Crippen MR) is 55.9 cm³/mol. The Hall–Kier alpha value is -1.67. The van der Waals surface area contributed by atoms with Crippen molar-refractivity contribution in [2.75, 3.05) is 0 Å². The molecule has 0 aliphatic carbocycles. The maximum atomic E-state index is 11.0. The third-order valence-electron chi connectivity index (χ3n) is 2.02. The van der Waals surface area contributed by atoms with Gasteiger partial charge in [-0.2, -0.15) is 5.10 Å². The maximum Gasteiger partial charge on any atom is 0.257 e. The zero-order chi connectivity index (χ0) is 11.8. The number of hydrogen-bond donors (Lipinski definition) is 1. The van der Waals surface area contributed by atoms with Gasteiger partial charge in [0.2, 0.25) is 0 Å². The van der Waals surface area contributed by atoms with Gasteiger partial charge in [-0.3, -0.25) is 4.68 Å². The summed E-state index contributed by atoms with van der Waals surface area (Å²) in [4.78, 5) is 3.71. The van der Waals surface area contributed by atoms with Crippen LogP contribution in [0.25, 0.3) is 0 Å². The summed E-state index contributed by atoms with van der Waals surface area (Å²) in [5.74, 6) is 0. The molecule has 0 saturated carbocycles. The lowest BCUT2D eigenvalue weighted by Gasteiger charge is -1.96. The molecule has 0 saturated heterocycles. The van der Waals surface area contributed by atoms with Crippen molar-refractivity contribution in [3.05, 3.63) is 30.5 Å². The fraction of sp³-hybridized carbons (Fsp3) is 0.250. The summed E-state index contributed by atoms with van der Waals surface area (Å²) in [5.41, 5.74) is 0.959. The summed E-state index contributed by atoms with van der Waals surface area (Å²) in [5, 5.41) is 8.83. The first-order chi connectivity index (χ1) is 7.45. The Kier molecular flexibility index (Phi) is 2.52. The van der Waals surface area contributed by atoms with Gasteiger partial charge >= 0.3 is 0 Å². The van der Waals surface area contributed by atoms with Gasteiger partial charge in [-0.1, -0.05) is 0 Å². The quantitative estimate of drug-likeness (QED) is 0.769. The zero-order valence-corrected chi connectivity index (χ0v) is 9.42. The van der Waals surface area contributed by atoms with Crippen molar-refractivity contribution in [3.63, 3.8) is 0 Å². The minimum atomic E-state index is -3.72. The van der Waals surface area contributed by atoms with E-state index in [0.29, 0.717) is 6.54 Å². The molecule has 2 rings (SSSR count). The zero-order valence-electron chi connectivity index (χ0n) is 8.61. The van der Waals surface area contributed by atoms with E-state index in [1.54, 1.807) is 15.4 Å². The number of rotatable bonds is 3. The Balaban J connectivity index is 2.21. The Morgan fingerprint density at radius 2 is 2.19 bits per heavy atom. The first kappa shape index (κ1) is 10.8. The fourth-order valence-corrected chi connectivity index (χ4v) is 1.81. The summed E-state index contributed by atoms with van der Waals surface area (Å²) in [6.45, 7) is 0.510. The van der Waals surface area contributed by atoms with E-state index in [2.05, 4.69) is 10.1 Å². The average molecular weight is 241 g/mol. The number of nitrogens with two attached hydrogens (primary N) is 1. The van der Waals surface area contributed by atoms with Crippen molar-refractivity contribution >= 4 is 10.0 Å². The molecule has 16 heavy (non-hydrogen) atoms. The highest BCUT2D eigenvalue weighted by Gasteiger charge is 2.11. The van der Waals surface area contributed by atoms with E-state index in [1.807, 2.05) is 13.2 Å². The van der Waals surface area contributed by atoms with Gasteiger partial charge < -0.3 is 4.57 Å². The van der Waals surface area contributed by atoms with E-state index in [-0.39, 0.29) is 5.03 Å². The SMILES string of the molecule is Cn1cc(Cn2cnc(S(N)(=O)=O)c2)cn1. The molecular weight excluding hydrogens is 230 g/mol. The van der Waals surface area contributed by atoms with Crippen molar-refractivity contribution < 1.29 is 8.42 Å². The molecule has 0 aliphatic heterocycles. The number of sulfonamides is 1. The molecular formula is C8H11N5O2S. The summed E-state index contributed by atoms with van der Waals surface area (Å²) < 4.78 is 25.3. The molecule has 0 bridgehead atoms. The lowest BCUT2D eigenvalue weighted by molar-refractivity contribution is 0.594. The molecule has 2 aromatic heterocycles. The standard InChI is InChI=1S/C8H11N5O2S/c1-12-3-7(2-11-12)4-13-5-8(10-6-13)16(9,14)15/h2-3,5-6H,4H2,1H3,(H2,9,14,15).